The number of carbonyl (C=O) groups is 1. The van der Waals surface area contributed by atoms with E-state index in [1.54, 1.807) is 13.1 Å². The number of hydrogen-bond donors (Lipinski definition) is 0. The van der Waals surface area contributed by atoms with Gasteiger partial charge in [-0.05, 0) is 31.0 Å². The van der Waals surface area contributed by atoms with Crippen LogP contribution in [-0.2, 0) is 4.79 Å². The molecule has 0 N–H and O–H groups in total. The molecule has 0 radical (unpaired) electrons. The van der Waals surface area contributed by atoms with Crippen molar-refractivity contribution >= 4 is 11.7 Å². The Hall–Kier alpha value is -2.76. The minimum atomic E-state index is 0.148. The molecule has 3 aromatic heterocycles. The predicted octanol–water partition coefficient (Wildman–Crippen LogP) is 2.52. The number of hydrogen-bond acceptors (Lipinski definition) is 4. The molecule has 1 aliphatic heterocycles. The van der Waals surface area contributed by atoms with Gasteiger partial charge in [-0.3, -0.25) is 14.2 Å². The van der Waals surface area contributed by atoms with Crippen LogP contribution in [0.25, 0.3) is 17.0 Å². The first-order valence-corrected chi connectivity index (χ1v) is 8.22. The monoisotopic (exact) mass is 321 g/mol. The third kappa shape index (κ3) is 2.64. The van der Waals surface area contributed by atoms with Crippen LogP contribution < -0.4 is 0 Å². The van der Waals surface area contributed by atoms with Crippen LogP contribution >= 0.6 is 0 Å². The molecule has 3 aromatic rings. The molecular weight excluding hydrogens is 302 g/mol. The van der Waals surface area contributed by atoms with E-state index in [4.69, 9.17) is 0 Å². The summed E-state index contributed by atoms with van der Waals surface area (Å²) in [4.78, 5) is 26.7. The second-order valence-corrected chi connectivity index (χ2v) is 6.21. The van der Waals surface area contributed by atoms with Gasteiger partial charge in [0.1, 0.15) is 0 Å². The first-order chi connectivity index (χ1) is 11.7. The highest BCUT2D eigenvalue weighted by atomic mass is 16.2. The molecule has 1 saturated heterocycles. The van der Waals surface area contributed by atoms with E-state index in [2.05, 4.69) is 27.1 Å². The zero-order valence-electron chi connectivity index (χ0n) is 13.6. The molecule has 1 amide bonds. The van der Waals surface area contributed by atoms with Crippen LogP contribution in [0.1, 0.15) is 31.4 Å². The van der Waals surface area contributed by atoms with Gasteiger partial charge in [0.2, 0.25) is 11.7 Å². The zero-order chi connectivity index (χ0) is 16.5. The van der Waals surface area contributed by atoms with E-state index in [-0.39, 0.29) is 5.91 Å². The average molecular weight is 321 g/mol. The van der Waals surface area contributed by atoms with Gasteiger partial charge in [-0.15, -0.1) is 0 Å². The van der Waals surface area contributed by atoms with Crippen LogP contribution in [0.2, 0.25) is 0 Å². The van der Waals surface area contributed by atoms with Crippen LogP contribution in [0.4, 0.5) is 0 Å². The summed E-state index contributed by atoms with van der Waals surface area (Å²) in [6.07, 6.45) is 9.50. The lowest BCUT2D eigenvalue weighted by molar-refractivity contribution is -0.130. The lowest BCUT2D eigenvalue weighted by Gasteiger charge is -2.31. The zero-order valence-corrected chi connectivity index (χ0v) is 13.6. The first-order valence-electron chi connectivity index (χ1n) is 8.22. The summed E-state index contributed by atoms with van der Waals surface area (Å²) in [6.45, 7) is 3.26. The fourth-order valence-electron chi connectivity index (χ4n) is 3.34. The number of fused-ring (bicyclic) bond motifs is 1. The Morgan fingerprint density at radius 1 is 1.21 bits per heavy atom. The second kappa shape index (κ2) is 6.03. The van der Waals surface area contributed by atoms with Crippen LogP contribution in [0.3, 0.4) is 0 Å². The fourth-order valence-corrected chi connectivity index (χ4v) is 3.34. The number of amides is 1. The largest absolute Gasteiger partial charge is 0.342 e. The Morgan fingerprint density at radius 2 is 2.12 bits per heavy atom. The molecule has 1 fully saturated rings. The number of likely N-dealkylation sites (tertiary alicyclic amines) is 1. The standard InChI is InChI=1S/C18H19N5O/c1-13(24)22-8-2-4-15(12-22)16-6-5-14(10-20-16)17-11-21-18-19-7-3-9-23(17)18/h3,5-7,9-11,15H,2,4,8,12H2,1H3. The van der Waals surface area contributed by atoms with Crippen molar-refractivity contribution in [2.75, 3.05) is 13.1 Å². The first kappa shape index (κ1) is 14.8. The molecule has 0 saturated carbocycles. The summed E-state index contributed by atoms with van der Waals surface area (Å²) < 4.78 is 1.95. The van der Waals surface area contributed by atoms with E-state index in [9.17, 15) is 4.79 Å². The normalized spacial score (nSPS) is 18.0. The highest BCUT2D eigenvalue weighted by Gasteiger charge is 2.23. The highest BCUT2D eigenvalue weighted by molar-refractivity contribution is 5.73. The fraction of sp³-hybridized carbons (Fsp3) is 0.333. The molecule has 122 valence electrons. The Balaban J connectivity index is 1.60. The third-order valence-corrected chi connectivity index (χ3v) is 4.66. The number of piperidine rings is 1. The SMILES string of the molecule is CC(=O)N1CCCC(c2ccc(-c3cnc4ncccn34)cn2)C1. The van der Waals surface area contributed by atoms with Gasteiger partial charge >= 0.3 is 0 Å². The maximum atomic E-state index is 11.6. The highest BCUT2D eigenvalue weighted by Crippen LogP contribution is 2.27. The molecule has 0 spiro atoms. The van der Waals surface area contributed by atoms with Gasteiger partial charge in [-0.1, -0.05) is 0 Å². The van der Waals surface area contributed by atoms with Gasteiger partial charge in [-0.2, -0.15) is 0 Å². The summed E-state index contributed by atoms with van der Waals surface area (Å²) >= 11 is 0. The molecule has 1 aliphatic rings. The smallest absolute Gasteiger partial charge is 0.234 e. The van der Waals surface area contributed by atoms with E-state index >= 15 is 0 Å². The van der Waals surface area contributed by atoms with E-state index < -0.39 is 0 Å². The van der Waals surface area contributed by atoms with Crippen LogP contribution in [0.15, 0.2) is 43.0 Å². The summed E-state index contributed by atoms with van der Waals surface area (Å²) in [5.74, 6) is 1.15. The van der Waals surface area contributed by atoms with Crippen molar-refractivity contribution in [3.8, 4) is 11.3 Å². The van der Waals surface area contributed by atoms with Crippen LogP contribution in [0, 0.1) is 0 Å². The molecule has 24 heavy (non-hydrogen) atoms. The van der Waals surface area contributed by atoms with Crippen molar-refractivity contribution in [1.29, 1.82) is 0 Å². The van der Waals surface area contributed by atoms with Crippen molar-refractivity contribution in [2.24, 2.45) is 0 Å². The van der Waals surface area contributed by atoms with Crippen molar-refractivity contribution < 1.29 is 4.79 Å². The Morgan fingerprint density at radius 3 is 2.92 bits per heavy atom. The lowest BCUT2D eigenvalue weighted by atomic mass is 9.94. The van der Waals surface area contributed by atoms with E-state index in [0.29, 0.717) is 11.7 Å². The maximum Gasteiger partial charge on any atom is 0.234 e. The minimum absolute atomic E-state index is 0.148. The number of aromatic nitrogens is 4. The van der Waals surface area contributed by atoms with Gasteiger partial charge in [0.15, 0.2) is 0 Å². The molecule has 6 heteroatoms. The van der Waals surface area contributed by atoms with Gasteiger partial charge in [0.25, 0.3) is 0 Å². The van der Waals surface area contributed by atoms with Crippen LogP contribution in [0.5, 0.6) is 0 Å². The molecule has 1 unspecified atom stereocenters. The van der Waals surface area contributed by atoms with Crippen molar-refractivity contribution in [2.45, 2.75) is 25.7 Å². The van der Waals surface area contributed by atoms with Gasteiger partial charge in [-0.25, -0.2) is 9.97 Å². The summed E-state index contributed by atoms with van der Waals surface area (Å²) in [7, 11) is 0. The summed E-state index contributed by atoms with van der Waals surface area (Å²) in [5.41, 5.74) is 3.04. The number of pyridine rings is 1. The predicted molar refractivity (Wildman–Crippen MR) is 90.4 cm³/mol. The van der Waals surface area contributed by atoms with Gasteiger partial charge in [0, 0.05) is 55.8 Å². The topological polar surface area (TPSA) is 63.4 Å². The molecular formula is C18H19N5O. The molecule has 0 aliphatic carbocycles. The summed E-state index contributed by atoms with van der Waals surface area (Å²) in [6, 6.07) is 6.03. The summed E-state index contributed by atoms with van der Waals surface area (Å²) in [5, 5.41) is 0. The second-order valence-electron chi connectivity index (χ2n) is 6.21. The van der Waals surface area contributed by atoms with E-state index in [1.165, 1.54) is 0 Å². The third-order valence-electron chi connectivity index (χ3n) is 4.66. The quantitative estimate of drug-likeness (QED) is 0.727. The molecule has 1 atom stereocenters. The Labute approximate surface area is 140 Å². The number of rotatable bonds is 2. The molecule has 0 aromatic carbocycles. The maximum absolute atomic E-state index is 11.6. The van der Waals surface area contributed by atoms with E-state index in [0.717, 1.165) is 42.9 Å². The van der Waals surface area contributed by atoms with Crippen LogP contribution in [-0.4, -0.2) is 43.2 Å². The minimum Gasteiger partial charge on any atom is -0.342 e. The van der Waals surface area contributed by atoms with Crippen molar-refractivity contribution in [3.63, 3.8) is 0 Å². The van der Waals surface area contributed by atoms with E-state index in [1.807, 2.05) is 34.0 Å². The molecule has 4 rings (SSSR count). The Bertz CT molecular complexity index is 871. The lowest BCUT2D eigenvalue weighted by Crippen LogP contribution is -2.37. The number of imidazole rings is 1. The van der Waals surface area contributed by atoms with Gasteiger partial charge in [0.05, 0.1) is 11.9 Å². The average Bonchev–Trinajstić information content (AvgIpc) is 3.06. The number of nitrogens with zero attached hydrogens (tertiary/aromatic N) is 5. The van der Waals surface area contributed by atoms with Crippen molar-refractivity contribution in [1.82, 2.24) is 24.3 Å². The van der Waals surface area contributed by atoms with Gasteiger partial charge < -0.3 is 4.90 Å². The molecule has 0 bridgehead atoms. The molecule has 6 nitrogen and oxygen atoms in total. The molecule has 4 heterocycles. The number of carbonyl (C=O) groups excluding carboxylic acids is 1. The van der Waals surface area contributed by atoms with Crippen molar-refractivity contribution in [3.05, 3.63) is 48.7 Å². The Kier molecular flexibility index (Phi) is 3.72.